The van der Waals surface area contributed by atoms with Crippen LogP contribution in [-0.2, 0) is 4.79 Å². The van der Waals surface area contributed by atoms with E-state index in [1.165, 1.54) is 6.92 Å². The highest BCUT2D eigenvalue weighted by molar-refractivity contribution is 5.80. The molecule has 0 aliphatic rings. The smallest absolute Gasteiger partial charge is 0.299 e. The van der Waals surface area contributed by atoms with Crippen molar-refractivity contribution in [1.82, 2.24) is 0 Å². The zero-order valence-electron chi connectivity index (χ0n) is 8.11. The van der Waals surface area contributed by atoms with E-state index in [-0.39, 0.29) is 24.5 Å². The average molecular weight is 196 g/mol. The van der Waals surface area contributed by atoms with Crippen molar-refractivity contribution >= 4 is 5.78 Å². The maximum atomic E-state index is 12.2. The SMILES string of the molecule is CCC(CC(=O)C(C)C)C(F)(F)F. The van der Waals surface area contributed by atoms with Crippen LogP contribution in [0.1, 0.15) is 33.6 Å². The Balaban J connectivity index is 4.22. The first kappa shape index (κ1) is 12.5. The molecule has 0 rings (SSSR count). The second-order valence-corrected chi connectivity index (χ2v) is 3.47. The van der Waals surface area contributed by atoms with Gasteiger partial charge in [0, 0.05) is 12.3 Å². The maximum absolute atomic E-state index is 12.2. The maximum Gasteiger partial charge on any atom is 0.392 e. The second-order valence-electron chi connectivity index (χ2n) is 3.47. The first-order chi connectivity index (χ1) is 5.79. The van der Waals surface area contributed by atoms with E-state index in [2.05, 4.69) is 0 Å². The van der Waals surface area contributed by atoms with Crippen LogP contribution in [-0.4, -0.2) is 12.0 Å². The predicted molar refractivity (Wildman–Crippen MR) is 44.3 cm³/mol. The summed E-state index contributed by atoms with van der Waals surface area (Å²) >= 11 is 0. The van der Waals surface area contributed by atoms with E-state index in [1.54, 1.807) is 13.8 Å². The first-order valence-electron chi connectivity index (χ1n) is 4.38. The molecule has 0 saturated carbocycles. The van der Waals surface area contributed by atoms with Crippen molar-refractivity contribution in [2.45, 2.75) is 39.8 Å². The molecule has 0 aromatic heterocycles. The second kappa shape index (κ2) is 4.63. The summed E-state index contributed by atoms with van der Waals surface area (Å²) in [5.74, 6) is -2.09. The summed E-state index contributed by atoms with van der Waals surface area (Å²) in [4.78, 5) is 11.1. The van der Waals surface area contributed by atoms with Gasteiger partial charge >= 0.3 is 6.18 Å². The van der Waals surface area contributed by atoms with E-state index < -0.39 is 12.1 Å². The Morgan fingerprint density at radius 1 is 1.31 bits per heavy atom. The topological polar surface area (TPSA) is 17.1 Å². The largest absolute Gasteiger partial charge is 0.392 e. The van der Waals surface area contributed by atoms with Crippen LogP contribution < -0.4 is 0 Å². The number of carbonyl (C=O) groups excluding carboxylic acids is 1. The summed E-state index contributed by atoms with van der Waals surface area (Å²) in [6.07, 6.45) is -4.64. The Morgan fingerprint density at radius 3 is 2.00 bits per heavy atom. The standard InChI is InChI=1S/C9H15F3O/c1-4-7(9(10,11)12)5-8(13)6(2)3/h6-7H,4-5H2,1-3H3. The summed E-state index contributed by atoms with van der Waals surface area (Å²) in [6, 6.07) is 0. The zero-order chi connectivity index (χ0) is 10.6. The quantitative estimate of drug-likeness (QED) is 0.674. The van der Waals surface area contributed by atoms with Gasteiger partial charge in [-0.2, -0.15) is 13.2 Å². The molecule has 4 heteroatoms. The molecule has 0 fully saturated rings. The van der Waals surface area contributed by atoms with E-state index in [0.29, 0.717) is 0 Å². The van der Waals surface area contributed by atoms with Gasteiger partial charge in [-0.1, -0.05) is 20.8 Å². The first-order valence-corrected chi connectivity index (χ1v) is 4.38. The molecular weight excluding hydrogens is 181 g/mol. The molecular formula is C9H15F3O. The Hall–Kier alpha value is -0.540. The Bertz CT molecular complexity index is 172. The summed E-state index contributed by atoms with van der Waals surface area (Å²) in [5.41, 5.74) is 0. The Morgan fingerprint density at radius 2 is 1.77 bits per heavy atom. The Labute approximate surface area is 76.3 Å². The molecule has 0 radical (unpaired) electrons. The minimum Gasteiger partial charge on any atom is -0.299 e. The number of Topliss-reactive ketones (excluding diaryl/α,β-unsaturated/α-hetero) is 1. The fraction of sp³-hybridized carbons (Fsp3) is 0.889. The lowest BCUT2D eigenvalue weighted by molar-refractivity contribution is -0.179. The molecule has 0 amide bonds. The van der Waals surface area contributed by atoms with Crippen LogP contribution in [0.25, 0.3) is 0 Å². The van der Waals surface area contributed by atoms with Gasteiger partial charge in [0.2, 0.25) is 0 Å². The molecule has 1 nitrogen and oxygen atoms in total. The van der Waals surface area contributed by atoms with Gasteiger partial charge < -0.3 is 0 Å². The van der Waals surface area contributed by atoms with Crippen molar-refractivity contribution < 1.29 is 18.0 Å². The lowest BCUT2D eigenvalue weighted by atomic mass is 9.94. The van der Waals surface area contributed by atoms with Gasteiger partial charge in [0.15, 0.2) is 0 Å². The molecule has 0 spiro atoms. The van der Waals surface area contributed by atoms with Crippen molar-refractivity contribution in [1.29, 1.82) is 0 Å². The summed E-state index contributed by atoms with van der Waals surface area (Å²) in [6.45, 7) is 4.68. The predicted octanol–water partition coefficient (Wildman–Crippen LogP) is 3.19. The van der Waals surface area contributed by atoms with E-state index in [9.17, 15) is 18.0 Å². The summed E-state index contributed by atoms with van der Waals surface area (Å²) < 4.78 is 36.6. The number of hydrogen-bond acceptors (Lipinski definition) is 1. The normalized spacial score (nSPS) is 14.7. The van der Waals surface area contributed by atoms with Crippen molar-refractivity contribution in [3.8, 4) is 0 Å². The number of carbonyl (C=O) groups is 1. The van der Waals surface area contributed by atoms with Gasteiger partial charge in [-0.3, -0.25) is 4.79 Å². The molecule has 0 heterocycles. The number of ketones is 1. The lowest BCUT2D eigenvalue weighted by Gasteiger charge is -2.18. The van der Waals surface area contributed by atoms with Crippen LogP contribution in [0.4, 0.5) is 13.2 Å². The molecule has 1 unspecified atom stereocenters. The van der Waals surface area contributed by atoms with Crippen LogP contribution in [0.5, 0.6) is 0 Å². The number of halogens is 3. The van der Waals surface area contributed by atoms with Crippen LogP contribution in [0.15, 0.2) is 0 Å². The fourth-order valence-corrected chi connectivity index (χ4v) is 0.970. The average Bonchev–Trinajstić information content (AvgIpc) is 1.96. The highest BCUT2D eigenvalue weighted by Crippen LogP contribution is 2.31. The van der Waals surface area contributed by atoms with Gasteiger partial charge in [0.05, 0.1) is 5.92 Å². The molecule has 0 N–H and O–H groups in total. The third-order valence-electron chi connectivity index (χ3n) is 2.05. The zero-order valence-corrected chi connectivity index (χ0v) is 8.11. The van der Waals surface area contributed by atoms with Gasteiger partial charge in [0.1, 0.15) is 5.78 Å². The number of hydrogen-bond donors (Lipinski definition) is 0. The van der Waals surface area contributed by atoms with Crippen molar-refractivity contribution in [3.63, 3.8) is 0 Å². The van der Waals surface area contributed by atoms with E-state index in [1.807, 2.05) is 0 Å². The van der Waals surface area contributed by atoms with Crippen LogP contribution in [0, 0.1) is 11.8 Å². The summed E-state index contributed by atoms with van der Waals surface area (Å²) in [5, 5.41) is 0. The minimum absolute atomic E-state index is 0.0258. The molecule has 0 saturated heterocycles. The highest BCUT2D eigenvalue weighted by atomic mass is 19.4. The number of alkyl halides is 3. The third-order valence-corrected chi connectivity index (χ3v) is 2.05. The molecule has 0 aromatic carbocycles. The van der Waals surface area contributed by atoms with Gasteiger partial charge in [-0.15, -0.1) is 0 Å². The van der Waals surface area contributed by atoms with Gasteiger partial charge in [0.25, 0.3) is 0 Å². The molecule has 0 aliphatic heterocycles. The van der Waals surface area contributed by atoms with Gasteiger partial charge in [-0.05, 0) is 6.42 Å². The molecule has 0 aromatic rings. The monoisotopic (exact) mass is 196 g/mol. The lowest BCUT2D eigenvalue weighted by Crippen LogP contribution is -2.26. The van der Waals surface area contributed by atoms with Crippen LogP contribution in [0.2, 0.25) is 0 Å². The van der Waals surface area contributed by atoms with E-state index in [0.717, 1.165) is 0 Å². The van der Waals surface area contributed by atoms with Gasteiger partial charge in [-0.25, -0.2) is 0 Å². The van der Waals surface area contributed by atoms with Crippen molar-refractivity contribution in [2.75, 3.05) is 0 Å². The van der Waals surface area contributed by atoms with Crippen molar-refractivity contribution in [3.05, 3.63) is 0 Å². The molecule has 1 atom stereocenters. The molecule has 0 bridgehead atoms. The third kappa shape index (κ3) is 4.29. The molecule has 13 heavy (non-hydrogen) atoms. The van der Waals surface area contributed by atoms with Crippen molar-refractivity contribution in [2.24, 2.45) is 11.8 Å². The van der Waals surface area contributed by atoms with E-state index >= 15 is 0 Å². The van der Waals surface area contributed by atoms with E-state index in [4.69, 9.17) is 0 Å². The van der Waals surface area contributed by atoms with Crippen LogP contribution >= 0.6 is 0 Å². The van der Waals surface area contributed by atoms with Crippen LogP contribution in [0.3, 0.4) is 0 Å². The highest BCUT2D eigenvalue weighted by Gasteiger charge is 2.39. The Kier molecular flexibility index (Phi) is 4.44. The number of rotatable bonds is 4. The summed E-state index contributed by atoms with van der Waals surface area (Å²) in [7, 11) is 0. The molecule has 0 aliphatic carbocycles. The minimum atomic E-state index is -4.24. The molecule has 78 valence electrons. The fourth-order valence-electron chi connectivity index (χ4n) is 0.970.